The predicted octanol–water partition coefficient (Wildman–Crippen LogP) is 2.67. The van der Waals surface area contributed by atoms with Crippen molar-refractivity contribution in [2.45, 2.75) is 13.3 Å². The lowest BCUT2D eigenvalue weighted by atomic mass is 10.1. The van der Waals surface area contributed by atoms with Crippen molar-refractivity contribution in [3.05, 3.63) is 52.4 Å². The summed E-state index contributed by atoms with van der Waals surface area (Å²) in [4.78, 5) is 29.2. The summed E-state index contributed by atoms with van der Waals surface area (Å²) in [5.74, 6) is -0.402. The molecule has 0 bridgehead atoms. The van der Waals surface area contributed by atoms with Gasteiger partial charge < -0.3 is 10.1 Å². The highest BCUT2D eigenvalue weighted by Gasteiger charge is 2.33. The summed E-state index contributed by atoms with van der Waals surface area (Å²) in [7, 11) is 0. The highest BCUT2D eigenvalue weighted by molar-refractivity contribution is 8.26. The van der Waals surface area contributed by atoms with E-state index in [1.54, 1.807) is 0 Å². The number of rotatable bonds is 8. The Labute approximate surface area is 187 Å². The highest BCUT2D eigenvalue weighted by atomic mass is 32.2. The van der Waals surface area contributed by atoms with Crippen LogP contribution in [0, 0.1) is 0 Å². The Kier molecular flexibility index (Phi) is 8.62. The molecule has 3 rings (SSSR count). The minimum Gasteiger partial charge on any atom is -0.379 e. The first kappa shape index (κ1) is 22.7. The van der Waals surface area contributed by atoms with Gasteiger partial charge in [0.1, 0.15) is 10.9 Å². The Morgan fingerprint density at radius 1 is 1.27 bits per heavy atom. The van der Waals surface area contributed by atoms with Crippen LogP contribution >= 0.6 is 24.0 Å². The average molecular weight is 446 g/mol. The first-order valence-corrected chi connectivity index (χ1v) is 11.3. The fourth-order valence-electron chi connectivity index (χ4n) is 3.25. The van der Waals surface area contributed by atoms with Gasteiger partial charge in [-0.25, -0.2) is 0 Å². The van der Waals surface area contributed by atoms with Crippen molar-refractivity contribution < 1.29 is 14.3 Å². The minimum absolute atomic E-state index is 0.0407. The number of hydrogen-bond donors (Lipinski definition) is 1. The fourth-order valence-corrected chi connectivity index (χ4v) is 4.56. The molecule has 2 aliphatic heterocycles. The van der Waals surface area contributed by atoms with Crippen LogP contribution in [0.25, 0.3) is 6.08 Å². The van der Waals surface area contributed by atoms with Crippen molar-refractivity contribution in [1.82, 2.24) is 15.1 Å². The van der Waals surface area contributed by atoms with E-state index in [2.05, 4.69) is 10.2 Å². The fraction of sp³-hybridized carbons (Fsp3) is 0.409. The molecule has 8 heteroatoms. The molecular formula is C22H27N3O3S2. The normalized spacial score (nSPS) is 19.6. The maximum Gasteiger partial charge on any atom is 0.266 e. The van der Waals surface area contributed by atoms with E-state index in [1.807, 2.05) is 49.4 Å². The van der Waals surface area contributed by atoms with Crippen LogP contribution in [0.15, 0.2) is 46.9 Å². The quantitative estimate of drug-likeness (QED) is 0.377. The molecule has 30 heavy (non-hydrogen) atoms. The molecule has 2 fully saturated rings. The van der Waals surface area contributed by atoms with E-state index in [9.17, 15) is 9.59 Å². The van der Waals surface area contributed by atoms with Crippen molar-refractivity contribution in [1.29, 1.82) is 0 Å². The molecule has 1 N–H and O–H groups in total. The number of hydrogen-bond acceptors (Lipinski definition) is 6. The Bertz CT molecular complexity index is 833. The summed E-state index contributed by atoms with van der Waals surface area (Å²) in [5.41, 5.74) is 2.02. The first-order chi connectivity index (χ1) is 14.5. The first-order valence-electron chi connectivity index (χ1n) is 10.1. The SMILES string of the molecule is CC(=C\c1ccccc1)/C=C1/SC(=S)N(CC(=O)NCCCN2CCOCC2)C1=O. The lowest BCUT2D eigenvalue weighted by molar-refractivity contribution is -0.128. The van der Waals surface area contributed by atoms with E-state index >= 15 is 0 Å². The van der Waals surface area contributed by atoms with Gasteiger partial charge in [-0.3, -0.25) is 19.4 Å². The Balaban J connectivity index is 1.47. The molecule has 2 aliphatic rings. The van der Waals surface area contributed by atoms with Gasteiger partial charge in [0, 0.05) is 19.6 Å². The van der Waals surface area contributed by atoms with Gasteiger partial charge in [-0.05, 0) is 37.1 Å². The van der Waals surface area contributed by atoms with Crippen molar-refractivity contribution in [2.75, 3.05) is 45.9 Å². The summed E-state index contributed by atoms with van der Waals surface area (Å²) < 4.78 is 5.75. The zero-order valence-corrected chi connectivity index (χ0v) is 18.8. The minimum atomic E-state index is -0.214. The summed E-state index contributed by atoms with van der Waals surface area (Å²) in [6, 6.07) is 9.92. The number of thiocarbonyl (C=S) groups is 1. The number of benzene rings is 1. The van der Waals surface area contributed by atoms with Crippen LogP contribution in [0.2, 0.25) is 0 Å². The van der Waals surface area contributed by atoms with E-state index in [0.29, 0.717) is 15.8 Å². The molecule has 0 atom stereocenters. The summed E-state index contributed by atoms with van der Waals surface area (Å²) in [6.07, 6.45) is 4.70. The van der Waals surface area contributed by atoms with Gasteiger partial charge in [-0.15, -0.1) is 0 Å². The van der Waals surface area contributed by atoms with Crippen LogP contribution in [0.3, 0.4) is 0 Å². The van der Waals surface area contributed by atoms with Crippen LogP contribution in [-0.2, 0) is 14.3 Å². The van der Waals surface area contributed by atoms with Gasteiger partial charge in [-0.2, -0.15) is 0 Å². The molecule has 1 aromatic rings. The highest BCUT2D eigenvalue weighted by Crippen LogP contribution is 2.31. The van der Waals surface area contributed by atoms with Crippen molar-refractivity contribution in [3.63, 3.8) is 0 Å². The number of thioether (sulfide) groups is 1. The lowest BCUT2D eigenvalue weighted by Gasteiger charge is -2.26. The molecule has 0 saturated carbocycles. The van der Waals surface area contributed by atoms with E-state index < -0.39 is 0 Å². The third kappa shape index (κ3) is 6.77. The molecule has 0 unspecified atom stereocenters. The molecule has 6 nitrogen and oxygen atoms in total. The number of amides is 2. The van der Waals surface area contributed by atoms with Crippen LogP contribution in [0.1, 0.15) is 18.9 Å². The Hall–Kier alpha value is -2.00. The molecule has 0 spiro atoms. The van der Waals surface area contributed by atoms with E-state index in [-0.39, 0.29) is 18.4 Å². The zero-order chi connectivity index (χ0) is 21.3. The second-order valence-corrected chi connectivity index (χ2v) is 8.90. The average Bonchev–Trinajstić information content (AvgIpc) is 3.00. The van der Waals surface area contributed by atoms with Crippen molar-refractivity contribution in [2.24, 2.45) is 0 Å². The number of allylic oxidation sites excluding steroid dienone is 2. The monoisotopic (exact) mass is 445 g/mol. The Morgan fingerprint density at radius 2 is 2.00 bits per heavy atom. The van der Waals surface area contributed by atoms with Crippen molar-refractivity contribution in [3.8, 4) is 0 Å². The third-order valence-corrected chi connectivity index (χ3v) is 6.18. The molecule has 0 aromatic heterocycles. The van der Waals surface area contributed by atoms with E-state index in [1.165, 1.54) is 16.7 Å². The molecule has 2 heterocycles. The summed E-state index contributed by atoms with van der Waals surface area (Å²) in [5, 5.41) is 2.89. The number of morpholine rings is 1. The smallest absolute Gasteiger partial charge is 0.266 e. The molecule has 2 amide bonds. The van der Waals surface area contributed by atoms with Gasteiger partial charge in [0.15, 0.2) is 0 Å². The molecule has 160 valence electrons. The molecule has 0 aliphatic carbocycles. The zero-order valence-electron chi connectivity index (χ0n) is 17.1. The van der Waals surface area contributed by atoms with Gasteiger partial charge >= 0.3 is 0 Å². The number of ether oxygens (including phenoxy) is 1. The van der Waals surface area contributed by atoms with Crippen LogP contribution in [0.5, 0.6) is 0 Å². The number of nitrogens with one attached hydrogen (secondary N) is 1. The maximum atomic E-state index is 12.7. The van der Waals surface area contributed by atoms with E-state index in [0.717, 1.165) is 50.4 Å². The standard InChI is InChI=1S/C22H27N3O3S2/c1-17(14-18-6-3-2-4-7-18)15-19-21(27)25(22(29)30-19)16-20(26)23-8-5-9-24-10-12-28-13-11-24/h2-4,6-7,14-15H,5,8-13,16H2,1H3,(H,23,26)/b17-14+,19-15+. The number of carbonyl (C=O) groups excluding carboxylic acids is 2. The van der Waals surface area contributed by atoms with Crippen LogP contribution in [-0.4, -0.2) is 71.9 Å². The molecule has 1 aromatic carbocycles. The summed E-state index contributed by atoms with van der Waals surface area (Å²) >= 11 is 6.56. The van der Waals surface area contributed by atoms with Crippen molar-refractivity contribution >= 4 is 46.2 Å². The maximum absolute atomic E-state index is 12.7. The molecule has 2 saturated heterocycles. The van der Waals surface area contributed by atoms with Gasteiger partial charge in [-0.1, -0.05) is 60.4 Å². The second kappa shape index (κ2) is 11.4. The van der Waals surface area contributed by atoms with E-state index in [4.69, 9.17) is 17.0 Å². The second-order valence-electron chi connectivity index (χ2n) is 7.22. The number of nitrogens with zero attached hydrogens (tertiary/aromatic N) is 2. The predicted molar refractivity (Wildman–Crippen MR) is 125 cm³/mol. The largest absolute Gasteiger partial charge is 0.379 e. The molecule has 0 radical (unpaired) electrons. The molecular weight excluding hydrogens is 418 g/mol. The number of carbonyl (C=O) groups is 2. The topological polar surface area (TPSA) is 61.9 Å². The van der Waals surface area contributed by atoms with Crippen LogP contribution in [0.4, 0.5) is 0 Å². The lowest BCUT2D eigenvalue weighted by Crippen LogP contribution is -2.41. The van der Waals surface area contributed by atoms with Gasteiger partial charge in [0.2, 0.25) is 5.91 Å². The Morgan fingerprint density at radius 3 is 2.73 bits per heavy atom. The van der Waals surface area contributed by atoms with Gasteiger partial charge in [0.05, 0.1) is 18.1 Å². The van der Waals surface area contributed by atoms with Crippen LogP contribution < -0.4 is 5.32 Å². The summed E-state index contributed by atoms with van der Waals surface area (Å²) in [6.45, 7) is 6.84. The van der Waals surface area contributed by atoms with Gasteiger partial charge in [0.25, 0.3) is 5.91 Å². The third-order valence-electron chi connectivity index (χ3n) is 4.80.